The highest BCUT2D eigenvalue weighted by Crippen LogP contribution is 2.60. The molecule has 1 rings (SSSR count). The van der Waals surface area contributed by atoms with Crippen molar-refractivity contribution >= 4 is 0 Å². The van der Waals surface area contributed by atoms with E-state index in [4.69, 9.17) is 0 Å². The van der Waals surface area contributed by atoms with E-state index in [-0.39, 0.29) is 25.2 Å². The fourth-order valence-corrected chi connectivity index (χ4v) is 2.34. The predicted octanol–water partition coefficient (Wildman–Crippen LogP) is 5.95. The zero-order valence-electron chi connectivity index (χ0n) is 13.6. The van der Waals surface area contributed by atoms with Gasteiger partial charge in [-0.15, -0.1) is 0 Å². The highest BCUT2D eigenvalue weighted by atomic mass is 19.4. The van der Waals surface area contributed by atoms with E-state index in [0.717, 1.165) is 0 Å². The second-order valence-corrected chi connectivity index (χ2v) is 6.21. The molecule has 0 amide bonds. The minimum absolute atomic E-state index is 0.0378. The number of ether oxygens (including phenoxy) is 1. The standard InChI is InChI=1S/C14H13F13O/c1-2-7-3-4-8(5-7)28-6-9(15,16)10(17,18)11(19,20)12(21,22)13(23,24)14(25,26)27/h4,7-8H,1-3,5-6H2. The van der Waals surface area contributed by atoms with Crippen molar-refractivity contribution in [2.75, 3.05) is 6.61 Å². The molecule has 166 valence electrons. The molecule has 0 aromatic rings. The number of alkyl halides is 13. The zero-order chi connectivity index (χ0) is 22.4. The van der Waals surface area contributed by atoms with E-state index in [2.05, 4.69) is 11.7 Å². The van der Waals surface area contributed by atoms with E-state index in [1.54, 1.807) is 0 Å². The van der Waals surface area contributed by atoms with Crippen LogP contribution in [0.1, 0.15) is 19.3 Å². The van der Waals surface area contributed by atoms with E-state index in [0.29, 0.717) is 0 Å². The molecule has 2 radical (unpaired) electrons. The van der Waals surface area contributed by atoms with Crippen molar-refractivity contribution in [1.29, 1.82) is 0 Å². The molecule has 14 heteroatoms. The van der Waals surface area contributed by atoms with Gasteiger partial charge in [0, 0.05) is 0 Å². The van der Waals surface area contributed by atoms with Gasteiger partial charge in [-0.2, -0.15) is 57.1 Å². The molecule has 1 saturated carbocycles. The van der Waals surface area contributed by atoms with Gasteiger partial charge in [-0.05, 0) is 25.2 Å². The fraction of sp³-hybridized carbons (Fsp3) is 0.857. The van der Waals surface area contributed by atoms with Crippen LogP contribution in [0.15, 0.2) is 0 Å². The van der Waals surface area contributed by atoms with Gasteiger partial charge >= 0.3 is 35.8 Å². The van der Waals surface area contributed by atoms with Crippen molar-refractivity contribution in [2.45, 2.75) is 61.2 Å². The molecule has 0 bridgehead atoms. The van der Waals surface area contributed by atoms with Crippen molar-refractivity contribution < 1.29 is 61.8 Å². The quantitative estimate of drug-likeness (QED) is 0.421. The van der Waals surface area contributed by atoms with Crippen LogP contribution in [0.3, 0.4) is 0 Å². The molecule has 0 spiro atoms. The first-order chi connectivity index (χ1) is 12.3. The second kappa shape index (κ2) is 7.38. The summed E-state index contributed by atoms with van der Waals surface area (Å²) < 4.78 is 172. The maximum atomic E-state index is 13.5. The molecule has 0 aromatic carbocycles. The summed E-state index contributed by atoms with van der Waals surface area (Å²) in [5.74, 6) is -37.1. The van der Waals surface area contributed by atoms with Crippen molar-refractivity contribution in [3.8, 4) is 0 Å². The lowest BCUT2D eigenvalue weighted by atomic mass is 9.94. The highest BCUT2D eigenvalue weighted by molar-refractivity contribution is 5.10. The van der Waals surface area contributed by atoms with Crippen LogP contribution in [0, 0.1) is 19.3 Å². The second-order valence-electron chi connectivity index (χ2n) is 6.21. The predicted molar refractivity (Wildman–Crippen MR) is 67.5 cm³/mol. The third kappa shape index (κ3) is 3.89. The topological polar surface area (TPSA) is 9.23 Å². The summed E-state index contributed by atoms with van der Waals surface area (Å²) in [7, 11) is 0. The Bertz CT molecular complexity index is 540. The molecule has 0 aliphatic heterocycles. The number of halogens is 13. The van der Waals surface area contributed by atoms with Crippen LogP contribution in [0.25, 0.3) is 0 Å². The van der Waals surface area contributed by atoms with E-state index in [1.807, 2.05) is 0 Å². The molecule has 1 nitrogen and oxygen atoms in total. The molecule has 2 unspecified atom stereocenters. The molecule has 2 atom stereocenters. The SMILES string of the molecule is [CH2]CC1C[CH]C(OCC(F)(F)C(F)(F)C(F)(F)C(F)(F)C(F)(F)C(F)(F)F)C1. The number of hydrogen-bond donors (Lipinski definition) is 0. The van der Waals surface area contributed by atoms with E-state index in [1.165, 1.54) is 6.42 Å². The largest absolute Gasteiger partial charge is 0.460 e. The number of rotatable bonds is 8. The molecule has 1 fully saturated rings. The zero-order valence-corrected chi connectivity index (χ0v) is 13.6. The monoisotopic (exact) mass is 444 g/mol. The summed E-state index contributed by atoms with van der Waals surface area (Å²) >= 11 is 0. The van der Waals surface area contributed by atoms with Gasteiger partial charge in [0.25, 0.3) is 0 Å². The Kier molecular flexibility index (Phi) is 6.62. The van der Waals surface area contributed by atoms with Crippen molar-refractivity contribution in [1.82, 2.24) is 0 Å². The van der Waals surface area contributed by atoms with Gasteiger partial charge < -0.3 is 4.74 Å². The fourth-order valence-electron chi connectivity index (χ4n) is 2.34. The Labute approximate surface area is 150 Å². The molecule has 0 saturated heterocycles. The average Bonchev–Trinajstić information content (AvgIpc) is 2.99. The lowest BCUT2D eigenvalue weighted by molar-refractivity contribution is -0.441. The Morgan fingerprint density at radius 1 is 0.750 bits per heavy atom. The third-order valence-corrected chi connectivity index (χ3v) is 4.18. The molecule has 0 N–H and O–H groups in total. The Morgan fingerprint density at radius 3 is 1.61 bits per heavy atom. The number of hydrogen-bond acceptors (Lipinski definition) is 1. The first kappa shape index (κ1) is 25.1. The van der Waals surface area contributed by atoms with Gasteiger partial charge in [0.15, 0.2) is 0 Å². The summed E-state index contributed by atoms with van der Waals surface area (Å²) in [5.41, 5.74) is 0. The van der Waals surface area contributed by atoms with Crippen molar-refractivity contribution in [3.63, 3.8) is 0 Å². The molecule has 28 heavy (non-hydrogen) atoms. The molecular formula is C14H13F13O. The summed E-state index contributed by atoms with van der Waals surface area (Å²) in [5, 5.41) is 0. The Balaban J connectivity index is 3.09. The van der Waals surface area contributed by atoms with E-state index >= 15 is 0 Å². The van der Waals surface area contributed by atoms with Gasteiger partial charge in [0.2, 0.25) is 0 Å². The normalized spacial score (nSPS) is 23.4. The summed E-state index contributed by atoms with van der Waals surface area (Å²) in [6.45, 7) is 0.846. The third-order valence-electron chi connectivity index (χ3n) is 4.18. The summed E-state index contributed by atoms with van der Waals surface area (Å²) in [6.07, 6.45) is -7.01. The lowest BCUT2D eigenvalue weighted by Crippen LogP contribution is -2.70. The van der Waals surface area contributed by atoms with Gasteiger partial charge in [0.1, 0.15) is 6.61 Å². The summed E-state index contributed by atoms with van der Waals surface area (Å²) in [6, 6.07) is 0. The Morgan fingerprint density at radius 2 is 1.21 bits per heavy atom. The average molecular weight is 444 g/mol. The Hall–Kier alpha value is -0.950. The van der Waals surface area contributed by atoms with Crippen molar-refractivity contribution in [3.05, 3.63) is 13.3 Å². The van der Waals surface area contributed by atoms with Gasteiger partial charge in [-0.1, -0.05) is 13.3 Å². The van der Waals surface area contributed by atoms with E-state index in [9.17, 15) is 57.1 Å². The van der Waals surface area contributed by atoms with Crippen molar-refractivity contribution in [2.24, 2.45) is 5.92 Å². The van der Waals surface area contributed by atoms with Crippen LogP contribution >= 0.6 is 0 Å². The lowest BCUT2D eigenvalue weighted by Gasteiger charge is -2.39. The van der Waals surface area contributed by atoms with Gasteiger partial charge in [-0.25, -0.2) is 0 Å². The van der Waals surface area contributed by atoms with Crippen LogP contribution in [-0.4, -0.2) is 48.5 Å². The summed E-state index contributed by atoms with van der Waals surface area (Å²) in [4.78, 5) is 0. The van der Waals surface area contributed by atoms with Gasteiger partial charge in [0.05, 0.1) is 6.10 Å². The van der Waals surface area contributed by atoms with Crippen LogP contribution in [0.2, 0.25) is 0 Å². The van der Waals surface area contributed by atoms with Crippen LogP contribution in [0.5, 0.6) is 0 Å². The van der Waals surface area contributed by atoms with E-state index < -0.39 is 48.5 Å². The minimum atomic E-state index is -7.89. The molecule has 1 aliphatic carbocycles. The molecule has 0 aromatic heterocycles. The first-order valence-electron chi connectivity index (χ1n) is 7.46. The maximum Gasteiger partial charge on any atom is 0.460 e. The van der Waals surface area contributed by atoms with Crippen LogP contribution in [0.4, 0.5) is 57.1 Å². The first-order valence-corrected chi connectivity index (χ1v) is 7.46. The highest BCUT2D eigenvalue weighted by Gasteiger charge is 2.90. The molecule has 1 aliphatic rings. The smallest absolute Gasteiger partial charge is 0.371 e. The molecule has 0 heterocycles. The minimum Gasteiger partial charge on any atom is -0.371 e. The molecular weight excluding hydrogens is 431 g/mol. The van der Waals surface area contributed by atoms with Gasteiger partial charge in [-0.3, -0.25) is 0 Å². The van der Waals surface area contributed by atoms with Crippen LogP contribution < -0.4 is 0 Å². The maximum absolute atomic E-state index is 13.5. The van der Waals surface area contributed by atoms with Crippen LogP contribution in [-0.2, 0) is 4.74 Å².